The first-order chi connectivity index (χ1) is 7.63. The number of hydrogen-bond donors (Lipinski definition) is 2. The molecule has 0 spiro atoms. The molecule has 0 aromatic heterocycles. The molecule has 0 unspecified atom stereocenters. The predicted octanol–water partition coefficient (Wildman–Crippen LogP) is 1.13. The molecule has 0 fully saturated rings. The van der Waals surface area contributed by atoms with E-state index in [0.717, 1.165) is 11.3 Å². The lowest BCUT2D eigenvalue weighted by atomic mass is 10.1. The zero-order valence-electron chi connectivity index (χ0n) is 9.39. The van der Waals surface area contributed by atoms with Gasteiger partial charge in [0.1, 0.15) is 0 Å². The number of carboxylic acid groups (broad SMARTS) is 1. The predicted molar refractivity (Wildman–Crippen MR) is 62.8 cm³/mol. The Morgan fingerprint density at radius 1 is 1.44 bits per heavy atom. The van der Waals surface area contributed by atoms with Crippen molar-refractivity contribution >= 4 is 11.7 Å². The van der Waals surface area contributed by atoms with E-state index in [0.29, 0.717) is 13.0 Å². The van der Waals surface area contributed by atoms with E-state index < -0.39 is 5.97 Å². The quantitative estimate of drug-likeness (QED) is 0.759. The zero-order chi connectivity index (χ0) is 12.0. The second-order valence-electron chi connectivity index (χ2n) is 3.71. The summed E-state index contributed by atoms with van der Waals surface area (Å²) in [5.74, 6) is -0.783. The Labute approximate surface area is 95.1 Å². The summed E-state index contributed by atoms with van der Waals surface area (Å²) in [6.07, 6.45) is 0.684. The van der Waals surface area contributed by atoms with E-state index >= 15 is 0 Å². The molecule has 0 radical (unpaired) electrons. The van der Waals surface area contributed by atoms with Gasteiger partial charge in [0.2, 0.25) is 0 Å². The summed E-state index contributed by atoms with van der Waals surface area (Å²) >= 11 is 0. The number of aliphatic hydroxyl groups excluding tert-OH is 1. The van der Waals surface area contributed by atoms with E-state index in [-0.39, 0.29) is 13.0 Å². The van der Waals surface area contributed by atoms with Crippen LogP contribution in [0.5, 0.6) is 0 Å². The largest absolute Gasteiger partial charge is 0.481 e. The highest BCUT2D eigenvalue weighted by molar-refractivity contribution is 5.67. The maximum atomic E-state index is 10.5. The number of likely N-dealkylation sites (N-methyl/N-ethyl adjacent to an activating group) is 1. The third-order valence-electron chi connectivity index (χ3n) is 2.41. The topological polar surface area (TPSA) is 60.8 Å². The van der Waals surface area contributed by atoms with E-state index in [2.05, 4.69) is 0 Å². The number of hydrogen-bond acceptors (Lipinski definition) is 3. The number of benzene rings is 1. The fourth-order valence-corrected chi connectivity index (χ4v) is 1.48. The molecule has 16 heavy (non-hydrogen) atoms. The lowest BCUT2D eigenvalue weighted by molar-refractivity contribution is -0.136. The molecule has 0 saturated heterocycles. The number of aliphatic hydroxyl groups is 1. The summed E-state index contributed by atoms with van der Waals surface area (Å²) in [5, 5.41) is 17.4. The standard InChI is InChI=1S/C12H17NO3/c1-13(7-8-14)11-4-2-3-10(9-11)5-6-12(15)16/h2-4,9,14H,5-8H2,1H3,(H,15,16). The minimum atomic E-state index is -0.783. The summed E-state index contributed by atoms with van der Waals surface area (Å²) in [5.41, 5.74) is 2.00. The summed E-state index contributed by atoms with van der Waals surface area (Å²) < 4.78 is 0. The minimum Gasteiger partial charge on any atom is -0.481 e. The molecule has 0 heterocycles. The van der Waals surface area contributed by atoms with Crippen molar-refractivity contribution in [2.24, 2.45) is 0 Å². The molecule has 0 bridgehead atoms. The number of carbonyl (C=O) groups is 1. The molecule has 1 aromatic rings. The highest BCUT2D eigenvalue weighted by Gasteiger charge is 2.03. The van der Waals surface area contributed by atoms with Crippen molar-refractivity contribution < 1.29 is 15.0 Å². The highest BCUT2D eigenvalue weighted by atomic mass is 16.4. The Morgan fingerprint density at radius 2 is 2.19 bits per heavy atom. The molecular weight excluding hydrogens is 206 g/mol. The Hall–Kier alpha value is -1.55. The van der Waals surface area contributed by atoms with Gasteiger partial charge in [-0.05, 0) is 24.1 Å². The Kier molecular flexibility index (Phi) is 4.79. The summed E-state index contributed by atoms with van der Waals surface area (Å²) in [4.78, 5) is 12.4. The van der Waals surface area contributed by atoms with Gasteiger partial charge in [0.25, 0.3) is 0 Å². The molecule has 0 atom stereocenters. The second kappa shape index (κ2) is 6.12. The Balaban J connectivity index is 2.66. The normalized spacial score (nSPS) is 10.1. The van der Waals surface area contributed by atoms with Gasteiger partial charge in [0.15, 0.2) is 0 Å². The van der Waals surface area contributed by atoms with Crippen molar-refractivity contribution in [2.75, 3.05) is 25.1 Å². The number of nitrogens with zero attached hydrogens (tertiary/aromatic N) is 1. The first-order valence-corrected chi connectivity index (χ1v) is 5.26. The maximum Gasteiger partial charge on any atom is 0.303 e. The molecule has 0 aliphatic carbocycles. The van der Waals surface area contributed by atoms with Crippen LogP contribution in [0.4, 0.5) is 5.69 Å². The molecule has 1 rings (SSSR count). The number of aliphatic carboxylic acids is 1. The van der Waals surface area contributed by atoms with E-state index in [1.807, 2.05) is 36.2 Å². The minimum absolute atomic E-state index is 0.107. The van der Waals surface area contributed by atoms with Gasteiger partial charge in [-0.3, -0.25) is 4.79 Å². The molecule has 4 nitrogen and oxygen atoms in total. The smallest absolute Gasteiger partial charge is 0.303 e. The van der Waals surface area contributed by atoms with E-state index in [9.17, 15) is 4.79 Å². The number of rotatable bonds is 6. The molecule has 2 N–H and O–H groups in total. The monoisotopic (exact) mass is 223 g/mol. The van der Waals surface area contributed by atoms with Crippen LogP contribution in [0.25, 0.3) is 0 Å². The molecule has 0 aliphatic heterocycles. The molecule has 1 aromatic carbocycles. The molecule has 88 valence electrons. The van der Waals surface area contributed by atoms with Crippen LogP contribution < -0.4 is 4.90 Å². The van der Waals surface area contributed by atoms with Crippen LogP contribution >= 0.6 is 0 Å². The van der Waals surface area contributed by atoms with E-state index in [1.165, 1.54) is 0 Å². The van der Waals surface area contributed by atoms with Gasteiger partial charge in [0, 0.05) is 25.7 Å². The van der Waals surface area contributed by atoms with Gasteiger partial charge in [-0.25, -0.2) is 0 Å². The van der Waals surface area contributed by atoms with Crippen molar-refractivity contribution in [3.05, 3.63) is 29.8 Å². The van der Waals surface area contributed by atoms with Crippen LogP contribution in [0.3, 0.4) is 0 Å². The lowest BCUT2D eigenvalue weighted by Crippen LogP contribution is -2.21. The SMILES string of the molecule is CN(CCO)c1cccc(CCC(=O)O)c1. The van der Waals surface area contributed by atoms with Crippen LogP contribution in [0.15, 0.2) is 24.3 Å². The van der Waals surface area contributed by atoms with Crippen molar-refractivity contribution in [2.45, 2.75) is 12.8 Å². The Bertz CT molecular complexity index is 352. The number of carboxylic acids is 1. The fourth-order valence-electron chi connectivity index (χ4n) is 1.48. The molecular formula is C12H17NO3. The maximum absolute atomic E-state index is 10.5. The first-order valence-electron chi connectivity index (χ1n) is 5.26. The molecule has 0 aliphatic rings. The second-order valence-corrected chi connectivity index (χ2v) is 3.71. The van der Waals surface area contributed by atoms with Gasteiger partial charge < -0.3 is 15.1 Å². The highest BCUT2D eigenvalue weighted by Crippen LogP contribution is 2.15. The number of anilines is 1. The fraction of sp³-hybridized carbons (Fsp3) is 0.417. The van der Waals surface area contributed by atoms with Crippen molar-refractivity contribution in [1.82, 2.24) is 0 Å². The summed E-state index contributed by atoms with van der Waals surface area (Å²) in [6.45, 7) is 0.679. The van der Waals surface area contributed by atoms with Crippen LogP contribution in [0, 0.1) is 0 Å². The van der Waals surface area contributed by atoms with Gasteiger partial charge >= 0.3 is 5.97 Å². The van der Waals surface area contributed by atoms with Crippen LogP contribution in [-0.4, -0.2) is 36.4 Å². The molecule has 0 saturated carbocycles. The third-order valence-corrected chi connectivity index (χ3v) is 2.41. The van der Waals surface area contributed by atoms with Gasteiger partial charge in [0.05, 0.1) is 6.61 Å². The van der Waals surface area contributed by atoms with Crippen molar-refractivity contribution in [1.29, 1.82) is 0 Å². The van der Waals surface area contributed by atoms with Crippen molar-refractivity contribution in [3.8, 4) is 0 Å². The van der Waals surface area contributed by atoms with E-state index in [1.54, 1.807) is 0 Å². The van der Waals surface area contributed by atoms with Crippen LogP contribution in [0.1, 0.15) is 12.0 Å². The summed E-state index contributed by atoms with van der Waals surface area (Å²) in [6, 6.07) is 7.72. The van der Waals surface area contributed by atoms with Crippen LogP contribution in [-0.2, 0) is 11.2 Å². The van der Waals surface area contributed by atoms with Gasteiger partial charge in [-0.1, -0.05) is 12.1 Å². The van der Waals surface area contributed by atoms with Crippen molar-refractivity contribution in [3.63, 3.8) is 0 Å². The Morgan fingerprint density at radius 3 is 2.81 bits per heavy atom. The van der Waals surface area contributed by atoms with Gasteiger partial charge in [-0.2, -0.15) is 0 Å². The van der Waals surface area contributed by atoms with E-state index in [4.69, 9.17) is 10.2 Å². The summed E-state index contributed by atoms with van der Waals surface area (Å²) in [7, 11) is 1.90. The number of aryl methyl sites for hydroxylation is 1. The lowest BCUT2D eigenvalue weighted by Gasteiger charge is -2.18. The third kappa shape index (κ3) is 3.90. The average Bonchev–Trinajstić information content (AvgIpc) is 2.27. The average molecular weight is 223 g/mol. The molecule has 0 amide bonds. The molecule has 4 heteroatoms. The zero-order valence-corrected chi connectivity index (χ0v) is 9.39. The van der Waals surface area contributed by atoms with Crippen LogP contribution in [0.2, 0.25) is 0 Å². The van der Waals surface area contributed by atoms with Gasteiger partial charge in [-0.15, -0.1) is 0 Å². The first kappa shape index (κ1) is 12.5.